The van der Waals surface area contributed by atoms with E-state index in [1.54, 1.807) is 17.0 Å². The van der Waals surface area contributed by atoms with Crippen LogP contribution in [0.3, 0.4) is 0 Å². The highest BCUT2D eigenvalue weighted by molar-refractivity contribution is 5.78. The minimum absolute atomic E-state index is 0.0289. The number of likely N-dealkylation sites (tertiary alicyclic amines) is 1. The van der Waals surface area contributed by atoms with Crippen molar-refractivity contribution in [2.24, 2.45) is 0 Å². The molecule has 1 fully saturated rings. The average molecular weight is 377 g/mol. The van der Waals surface area contributed by atoms with Gasteiger partial charge in [0, 0.05) is 37.2 Å². The summed E-state index contributed by atoms with van der Waals surface area (Å²) in [6.45, 7) is 1.88. The predicted octanol–water partition coefficient (Wildman–Crippen LogP) is 2.02. The third-order valence-electron chi connectivity index (χ3n) is 6.35. The second-order valence-corrected chi connectivity index (χ2v) is 7.98. The van der Waals surface area contributed by atoms with Gasteiger partial charge in [-0.25, -0.2) is 4.98 Å². The van der Waals surface area contributed by atoms with Crippen LogP contribution < -0.4 is 5.56 Å². The Morgan fingerprint density at radius 1 is 1.25 bits per heavy atom. The summed E-state index contributed by atoms with van der Waals surface area (Å²) >= 11 is 0. The number of amides is 1. The van der Waals surface area contributed by atoms with Crippen molar-refractivity contribution < 1.29 is 4.79 Å². The minimum atomic E-state index is -0.0913. The molecule has 2 aromatic heterocycles. The van der Waals surface area contributed by atoms with Gasteiger partial charge in [-0.15, -0.1) is 0 Å². The zero-order valence-electron chi connectivity index (χ0n) is 15.7. The van der Waals surface area contributed by atoms with E-state index in [4.69, 9.17) is 0 Å². The van der Waals surface area contributed by atoms with Crippen LogP contribution in [0.15, 0.2) is 41.6 Å². The lowest BCUT2D eigenvalue weighted by atomic mass is 9.77. The van der Waals surface area contributed by atoms with Crippen LogP contribution in [0.1, 0.15) is 36.9 Å². The van der Waals surface area contributed by atoms with Gasteiger partial charge in [0.05, 0.1) is 23.4 Å². The monoisotopic (exact) mass is 377 g/mol. The minimum Gasteiger partial charge on any atom is -0.342 e. The van der Waals surface area contributed by atoms with Gasteiger partial charge in [0.1, 0.15) is 0 Å². The molecule has 2 aliphatic rings. The smallest absolute Gasteiger partial charge is 0.261 e. The molecule has 1 N–H and O–H groups in total. The standard InChI is InChI=1S/C21H23N5O2/c27-18(7-11-26-14-22-17-5-2-1-4-16(17)20(26)28)25-10-3-8-21(13-25)9-6-15-12-23-24-19(15)21/h1-2,4-5,12,14H,3,6-11,13H2,(H,23,24). The normalized spacial score (nSPS) is 21.4. The Hall–Kier alpha value is -2.96. The molecule has 144 valence electrons. The molecular formula is C21H23N5O2. The third kappa shape index (κ3) is 2.73. The van der Waals surface area contributed by atoms with Gasteiger partial charge < -0.3 is 4.90 Å². The average Bonchev–Trinajstić information content (AvgIpc) is 3.32. The van der Waals surface area contributed by atoms with E-state index < -0.39 is 0 Å². The molecule has 0 saturated carbocycles. The van der Waals surface area contributed by atoms with E-state index in [1.807, 2.05) is 29.3 Å². The second-order valence-electron chi connectivity index (χ2n) is 7.98. The number of aromatic nitrogens is 4. The fourth-order valence-corrected chi connectivity index (χ4v) is 4.85. The predicted molar refractivity (Wildman–Crippen MR) is 105 cm³/mol. The van der Waals surface area contributed by atoms with Gasteiger partial charge in [0.2, 0.25) is 5.91 Å². The van der Waals surface area contributed by atoms with Gasteiger partial charge in [-0.2, -0.15) is 5.10 Å². The summed E-state index contributed by atoms with van der Waals surface area (Å²) in [5.74, 6) is 0.104. The molecule has 1 amide bonds. The Labute approximate surface area is 162 Å². The molecule has 0 bridgehead atoms. The Bertz CT molecular complexity index is 1100. The molecule has 5 rings (SSSR count). The number of hydrogen-bond donors (Lipinski definition) is 1. The van der Waals surface area contributed by atoms with Crippen LogP contribution >= 0.6 is 0 Å². The zero-order valence-corrected chi connectivity index (χ0v) is 15.7. The van der Waals surface area contributed by atoms with E-state index in [0.717, 1.165) is 38.8 Å². The molecule has 3 aromatic rings. The van der Waals surface area contributed by atoms with Gasteiger partial charge in [0.25, 0.3) is 5.56 Å². The quantitative estimate of drug-likeness (QED) is 0.757. The highest BCUT2D eigenvalue weighted by atomic mass is 16.2. The van der Waals surface area contributed by atoms with Crippen molar-refractivity contribution >= 4 is 16.8 Å². The number of H-pyrrole nitrogens is 1. The molecule has 1 aliphatic carbocycles. The summed E-state index contributed by atoms with van der Waals surface area (Å²) in [4.78, 5) is 31.8. The number of aryl methyl sites for hydroxylation is 2. The maximum absolute atomic E-state index is 12.9. The fourth-order valence-electron chi connectivity index (χ4n) is 4.85. The van der Waals surface area contributed by atoms with Gasteiger partial charge >= 0.3 is 0 Å². The van der Waals surface area contributed by atoms with E-state index in [-0.39, 0.29) is 16.9 Å². The van der Waals surface area contributed by atoms with Crippen molar-refractivity contribution in [3.63, 3.8) is 0 Å². The third-order valence-corrected chi connectivity index (χ3v) is 6.35. The van der Waals surface area contributed by atoms with Crippen molar-refractivity contribution in [2.75, 3.05) is 13.1 Å². The lowest BCUT2D eigenvalue weighted by Gasteiger charge is -2.40. The van der Waals surface area contributed by atoms with Gasteiger partial charge in [-0.1, -0.05) is 12.1 Å². The first-order chi connectivity index (χ1) is 13.7. The highest BCUT2D eigenvalue weighted by Gasteiger charge is 2.44. The number of piperidine rings is 1. The van der Waals surface area contributed by atoms with Crippen molar-refractivity contribution in [2.45, 2.75) is 44.1 Å². The number of nitrogens with zero attached hydrogens (tertiary/aromatic N) is 4. The number of rotatable bonds is 3. The van der Waals surface area contributed by atoms with Gasteiger partial charge in [0.15, 0.2) is 0 Å². The molecule has 28 heavy (non-hydrogen) atoms. The molecule has 1 spiro atoms. The number of benzene rings is 1. The molecule has 1 unspecified atom stereocenters. The summed E-state index contributed by atoms with van der Waals surface area (Å²) in [6.07, 6.45) is 7.99. The molecule has 1 aromatic carbocycles. The van der Waals surface area contributed by atoms with E-state index in [2.05, 4.69) is 15.2 Å². The van der Waals surface area contributed by atoms with E-state index in [1.165, 1.54) is 11.3 Å². The maximum atomic E-state index is 12.9. The molecule has 7 heteroatoms. The second kappa shape index (κ2) is 6.58. The summed E-state index contributed by atoms with van der Waals surface area (Å²) in [7, 11) is 0. The highest BCUT2D eigenvalue weighted by Crippen LogP contribution is 2.43. The molecule has 1 atom stereocenters. The fraction of sp³-hybridized carbons (Fsp3) is 0.429. The lowest BCUT2D eigenvalue weighted by molar-refractivity contribution is -0.133. The molecule has 1 saturated heterocycles. The Morgan fingerprint density at radius 2 is 2.14 bits per heavy atom. The van der Waals surface area contributed by atoms with Crippen molar-refractivity contribution in [3.8, 4) is 0 Å². The molecule has 7 nitrogen and oxygen atoms in total. The Morgan fingerprint density at radius 3 is 3.07 bits per heavy atom. The number of nitrogens with one attached hydrogen (secondary N) is 1. The van der Waals surface area contributed by atoms with Crippen LogP contribution in [0.2, 0.25) is 0 Å². The van der Waals surface area contributed by atoms with Crippen LogP contribution in [0.25, 0.3) is 10.9 Å². The van der Waals surface area contributed by atoms with Crippen LogP contribution in [0.5, 0.6) is 0 Å². The number of carbonyl (C=O) groups excluding carboxylic acids is 1. The van der Waals surface area contributed by atoms with E-state index >= 15 is 0 Å². The number of aromatic amines is 1. The molecule has 1 aliphatic heterocycles. The topological polar surface area (TPSA) is 83.9 Å². The van der Waals surface area contributed by atoms with Crippen LogP contribution in [-0.4, -0.2) is 43.6 Å². The van der Waals surface area contributed by atoms with Gasteiger partial charge in [-0.05, 0) is 43.4 Å². The summed E-state index contributed by atoms with van der Waals surface area (Å²) in [5.41, 5.74) is 3.14. The number of carbonyl (C=O) groups is 1. The largest absolute Gasteiger partial charge is 0.342 e. The van der Waals surface area contributed by atoms with E-state index in [0.29, 0.717) is 23.9 Å². The first-order valence-corrected chi connectivity index (χ1v) is 9.91. The first kappa shape index (κ1) is 17.2. The summed E-state index contributed by atoms with van der Waals surface area (Å²) < 4.78 is 1.54. The summed E-state index contributed by atoms with van der Waals surface area (Å²) in [6, 6.07) is 7.30. The van der Waals surface area contributed by atoms with Crippen molar-refractivity contribution in [3.05, 3.63) is 58.4 Å². The van der Waals surface area contributed by atoms with Crippen LogP contribution in [0, 0.1) is 0 Å². The Kier molecular flexibility index (Phi) is 4.03. The molecule has 3 heterocycles. The number of hydrogen-bond acceptors (Lipinski definition) is 4. The molecular weight excluding hydrogens is 354 g/mol. The van der Waals surface area contributed by atoms with Crippen molar-refractivity contribution in [1.29, 1.82) is 0 Å². The maximum Gasteiger partial charge on any atom is 0.261 e. The lowest BCUT2D eigenvalue weighted by Crippen LogP contribution is -2.48. The number of fused-ring (bicyclic) bond motifs is 3. The Balaban J connectivity index is 1.30. The van der Waals surface area contributed by atoms with Crippen molar-refractivity contribution in [1.82, 2.24) is 24.6 Å². The van der Waals surface area contributed by atoms with Crippen LogP contribution in [-0.2, 0) is 23.2 Å². The van der Waals surface area contributed by atoms with Crippen LogP contribution in [0.4, 0.5) is 0 Å². The SMILES string of the molecule is O=C(CCn1cnc2ccccc2c1=O)N1CCCC2(CCc3cn[nH]c32)C1. The molecule has 0 radical (unpaired) electrons. The number of para-hydroxylation sites is 1. The zero-order chi connectivity index (χ0) is 19.1. The summed E-state index contributed by atoms with van der Waals surface area (Å²) in [5, 5.41) is 7.97. The first-order valence-electron chi connectivity index (χ1n) is 9.91. The van der Waals surface area contributed by atoms with E-state index in [9.17, 15) is 9.59 Å². The van der Waals surface area contributed by atoms with Gasteiger partial charge in [-0.3, -0.25) is 19.3 Å².